The predicted molar refractivity (Wildman–Crippen MR) is 157 cm³/mol. The number of rotatable bonds is 6. The molecule has 0 bridgehead atoms. The molecule has 5 rings (SSSR count). The maximum absolute atomic E-state index is 13.7. The molecule has 1 heterocycles. The highest BCUT2D eigenvalue weighted by atomic mass is 79.9. The van der Waals surface area contributed by atoms with Crippen molar-refractivity contribution in [2.75, 3.05) is 6.61 Å². The predicted octanol–water partition coefficient (Wildman–Crippen LogP) is 8.05. The Kier molecular flexibility index (Phi) is 7.49. The molecular weight excluding hydrogens is 578 g/mol. The number of allylic oxidation sites excluding steroid dienone is 4. The van der Waals surface area contributed by atoms with Crippen molar-refractivity contribution in [3.8, 4) is 11.5 Å². The first kappa shape index (κ1) is 28.0. The largest absolute Gasteiger partial charge is 0.490 e. The third-order valence-corrected chi connectivity index (χ3v) is 8.52. The van der Waals surface area contributed by atoms with Gasteiger partial charge in [0.1, 0.15) is 6.61 Å². The summed E-state index contributed by atoms with van der Waals surface area (Å²) < 4.78 is 13.0. The quantitative estimate of drug-likeness (QED) is 0.358. The maximum atomic E-state index is 13.7. The lowest BCUT2D eigenvalue weighted by Crippen LogP contribution is -2.42. The summed E-state index contributed by atoms with van der Waals surface area (Å²) >= 11 is 9.75. The van der Waals surface area contributed by atoms with Crippen LogP contribution in [0.15, 0.2) is 63.4 Å². The van der Waals surface area contributed by atoms with Gasteiger partial charge in [0.15, 0.2) is 23.1 Å². The van der Waals surface area contributed by atoms with Gasteiger partial charge in [-0.25, -0.2) is 0 Å². The van der Waals surface area contributed by atoms with Gasteiger partial charge in [-0.1, -0.05) is 51.4 Å². The monoisotopic (exact) mass is 611 g/mol. The molecule has 39 heavy (non-hydrogen) atoms. The topological polar surface area (TPSA) is 64.6 Å². The van der Waals surface area contributed by atoms with Crippen LogP contribution in [-0.4, -0.2) is 18.2 Å². The maximum Gasteiger partial charge on any atom is 0.175 e. The zero-order valence-electron chi connectivity index (χ0n) is 23.2. The summed E-state index contributed by atoms with van der Waals surface area (Å²) in [4.78, 5) is 27.3. The average molecular weight is 613 g/mol. The van der Waals surface area contributed by atoms with Gasteiger partial charge in [0.25, 0.3) is 0 Å². The van der Waals surface area contributed by atoms with Crippen LogP contribution in [0.2, 0.25) is 5.02 Å². The molecule has 0 atom stereocenters. The molecule has 1 aliphatic heterocycles. The number of dihydropyridines is 1. The highest BCUT2D eigenvalue weighted by molar-refractivity contribution is 9.10. The molecule has 0 unspecified atom stereocenters. The second kappa shape index (κ2) is 10.4. The van der Waals surface area contributed by atoms with Crippen LogP contribution in [0.1, 0.15) is 77.3 Å². The number of nitrogens with one attached hydrogen (secondary N) is 1. The number of carbonyl (C=O) groups is 2. The molecule has 0 saturated heterocycles. The van der Waals surface area contributed by atoms with Gasteiger partial charge in [-0.2, -0.15) is 0 Å². The first-order chi connectivity index (χ1) is 18.4. The third-order valence-electron chi connectivity index (χ3n) is 7.68. The van der Waals surface area contributed by atoms with E-state index in [1.807, 2.05) is 43.3 Å². The fourth-order valence-electron chi connectivity index (χ4n) is 6.12. The first-order valence-electron chi connectivity index (χ1n) is 13.5. The van der Waals surface area contributed by atoms with E-state index in [2.05, 4.69) is 48.9 Å². The van der Waals surface area contributed by atoms with Crippen LogP contribution in [0, 0.1) is 10.8 Å². The van der Waals surface area contributed by atoms with Crippen molar-refractivity contribution in [2.24, 2.45) is 10.8 Å². The van der Waals surface area contributed by atoms with Crippen LogP contribution >= 0.6 is 27.5 Å². The average Bonchev–Trinajstić information content (AvgIpc) is 2.81. The Balaban J connectivity index is 1.60. The van der Waals surface area contributed by atoms with Crippen LogP contribution in [0.3, 0.4) is 0 Å². The summed E-state index contributed by atoms with van der Waals surface area (Å²) in [6.07, 6.45) is 2.43. The zero-order chi connectivity index (χ0) is 28.1. The molecule has 7 heteroatoms. The number of carbonyl (C=O) groups excluding carboxylic acids is 2. The second-order valence-corrected chi connectivity index (χ2v) is 13.7. The van der Waals surface area contributed by atoms with E-state index in [1.54, 1.807) is 0 Å². The van der Waals surface area contributed by atoms with Gasteiger partial charge in [-0.3, -0.25) is 9.59 Å². The van der Waals surface area contributed by atoms with Crippen molar-refractivity contribution in [3.05, 3.63) is 79.6 Å². The third kappa shape index (κ3) is 5.69. The Labute approximate surface area is 244 Å². The number of ketones is 2. The molecule has 0 aromatic heterocycles. The van der Waals surface area contributed by atoms with E-state index in [4.69, 9.17) is 21.1 Å². The molecule has 0 spiro atoms. The molecule has 3 aliphatic rings. The minimum absolute atomic E-state index is 0.0973. The molecule has 206 valence electrons. The Hall–Kier alpha value is -2.57. The molecule has 5 nitrogen and oxygen atoms in total. The first-order valence-corrected chi connectivity index (χ1v) is 14.7. The van der Waals surface area contributed by atoms with Crippen LogP contribution in [0.4, 0.5) is 0 Å². The summed E-state index contributed by atoms with van der Waals surface area (Å²) in [7, 11) is 0. The van der Waals surface area contributed by atoms with E-state index in [0.717, 1.165) is 35.4 Å². The van der Waals surface area contributed by atoms with Crippen LogP contribution < -0.4 is 14.8 Å². The van der Waals surface area contributed by atoms with E-state index in [9.17, 15) is 9.59 Å². The van der Waals surface area contributed by atoms with Gasteiger partial charge in [0.05, 0.1) is 11.1 Å². The van der Waals surface area contributed by atoms with Gasteiger partial charge in [-0.15, -0.1) is 0 Å². The zero-order valence-corrected chi connectivity index (χ0v) is 25.5. The van der Waals surface area contributed by atoms with E-state index in [0.29, 0.717) is 58.2 Å². The fourth-order valence-corrected chi connectivity index (χ4v) is 6.82. The van der Waals surface area contributed by atoms with Crippen molar-refractivity contribution >= 4 is 39.1 Å². The van der Waals surface area contributed by atoms with Crippen molar-refractivity contribution in [1.82, 2.24) is 5.32 Å². The van der Waals surface area contributed by atoms with E-state index in [1.165, 1.54) is 0 Å². The summed E-state index contributed by atoms with van der Waals surface area (Å²) in [6, 6.07) is 11.4. The summed E-state index contributed by atoms with van der Waals surface area (Å²) in [5.41, 5.74) is 4.87. The molecule has 2 aliphatic carbocycles. The lowest BCUT2D eigenvalue weighted by molar-refractivity contribution is -0.119. The van der Waals surface area contributed by atoms with Gasteiger partial charge in [-0.05, 0) is 81.9 Å². The van der Waals surface area contributed by atoms with Crippen LogP contribution in [0.25, 0.3) is 0 Å². The van der Waals surface area contributed by atoms with Crippen LogP contribution in [0.5, 0.6) is 11.5 Å². The van der Waals surface area contributed by atoms with Gasteiger partial charge in [0.2, 0.25) is 0 Å². The molecule has 0 radical (unpaired) electrons. The summed E-state index contributed by atoms with van der Waals surface area (Å²) in [5, 5.41) is 4.25. The Morgan fingerprint density at radius 1 is 0.897 bits per heavy atom. The lowest BCUT2D eigenvalue weighted by Gasteiger charge is -2.44. The molecular formula is C32H35BrClNO4. The number of Topliss-reactive ketones (excluding diaryl/α,β-unsaturated/α-hetero) is 2. The molecule has 2 aromatic carbocycles. The molecule has 0 saturated carbocycles. The van der Waals surface area contributed by atoms with E-state index < -0.39 is 5.92 Å². The summed E-state index contributed by atoms with van der Waals surface area (Å²) in [6.45, 7) is 11.2. The number of hydrogen-bond donors (Lipinski definition) is 1. The number of benzene rings is 2. The Bertz CT molecular complexity index is 1350. The number of halogens is 2. The molecule has 0 fully saturated rings. The second-order valence-electron chi connectivity index (χ2n) is 12.4. The molecule has 1 N–H and O–H groups in total. The van der Waals surface area contributed by atoms with Crippen molar-refractivity contribution in [3.63, 3.8) is 0 Å². The fraction of sp³-hybridized carbons (Fsp3) is 0.438. The van der Waals surface area contributed by atoms with Gasteiger partial charge in [0, 0.05) is 46.3 Å². The lowest BCUT2D eigenvalue weighted by atomic mass is 9.64. The normalized spacial score (nSPS) is 20.4. The van der Waals surface area contributed by atoms with Crippen molar-refractivity contribution in [2.45, 2.75) is 72.8 Å². The highest BCUT2D eigenvalue weighted by Gasteiger charge is 2.46. The van der Waals surface area contributed by atoms with Gasteiger partial charge < -0.3 is 14.8 Å². The van der Waals surface area contributed by atoms with E-state index >= 15 is 0 Å². The SMILES string of the molecule is CCOc1cc(C2C3=C(CC(C)(C)CC3=O)NC3=C2C(=O)CC(C)(C)C3)cc(Br)c1OCc1ccc(Cl)cc1. The van der Waals surface area contributed by atoms with Crippen molar-refractivity contribution < 1.29 is 19.1 Å². The minimum atomic E-state index is -0.440. The Morgan fingerprint density at radius 3 is 2.00 bits per heavy atom. The standard InChI is InChI=1S/C32H35BrClNO4/c1-6-38-26-12-19(11-21(33)30(26)39-17-18-7-9-20(34)10-8-18)27-28-22(13-31(2,3)15-24(28)36)35-23-14-32(4,5)16-25(37)29(23)27/h7-12,27,35H,6,13-17H2,1-5H3. The molecule has 0 amide bonds. The van der Waals surface area contributed by atoms with E-state index in [-0.39, 0.29) is 22.4 Å². The van der Waals surface area contributed by atoms with Crippen LogP contribution in [-0.2, 0) is 16.2 Å². The Morgan fingerprint density at radius 2 is 1.46 bits per heavy atom. The number of hydrogen-bond acceptors (Lipinski definition) is 5. The van der Waals surface area contributed by atoms with Gasteiger partial charge >= 0.3 is 0 Å². The van der Waals surface area contributed by atoms with Crippen molar-refractivity contribution in [1.29, 1.82) is 0 Å². The highest BCUT2D eigenvalue weighted by Crippen LogP contribution is 2.52. The smallest absolute Gasteiger partial charge is 0.175 e. The summed E-state index contributed by atoms with van der Waals surface area (Å²) in [5.74, 6) is 0.912. The molecule has 2 aromatic rings. The number of ether oxygens (including phenoxy) is 2. The minimum Gasteiger partial charge on any atom is -0.490 e.